The zero-order valence-electron chi connectivity index (χ0n) is 18.7. The van der Waals surface area contributed by atoms with Gasteiger partial charge >= 0.3 is 5.97 Å². The third-order valence-corrected chi connectivity index (χ3v) is 6.12. The van der Waals surface area contributed by atoms with Crippen LogP contribution in [0, 0.1) is 17.2 Å². The van der Waals surface area contributed by atoms with Crippen molar-refractivity contribution >= 4 is 17.6 Å². The molecule has 0 aliphatic carbocycles. The summed E-state index contributed by atoms with van der Waals surface area (Å²) >= 11 is 0. The Morgan fingerprint density at radius 1 is 1.06 bits per heavy atom. The summed E-state index contributed by atoms with van der Waals surface area (Å²) in [6.07, 6.45) is 3.40. The Hall–Kier alpha value is -3.33. The summed E-state index contributed by atoms with van der Waals surface area (Å²) in [5, 5.41) is 8.96. The van der Waals surface area contributed by atoms with Crippen molar-refractivity contribution < 1.29 is 14.3 Å². The number of esters is 1. The highest BCUT2D eigenvalue weighted by molar-refractivity contribution is 5.77. The van der Waals surface area contributed by atoms with Gasteiger partial charge in [0.05, 0.1) is 25.2 Å². The van der Waals surface area contributed by atoms with Crippen LogP contribution in [0.1, 0.15) is 36.8 Å². The van der Waals surface area contributed by atoms with Gasteiger partial charge in [0.15, 0.2) is 0 Å². The van der Waals surface area contributed by atoms with Gasteiger partial charge in [-0.15, -0.1) is 0 Å². The monoisotopic (exact) mass is 433 g/mol. The number of benzene rings is 2. The number of carbonyl (C=O) groups is 2. The molecule has 1 aliphatic rings. The van der Waals surface area contributed by atoms with Crippen LogP contribution >= 0.6 is 0 Å². The van der Waals surface area contributed by atoms with Crippen LogP contribution in [0.3, 0.4) is 0 Å². The quantitative estimate of drug-likeness (QED) is 0.563. The van der Waals surface area contributed by atoms with Crippen molar-refractivity contribution in [2.75, 3.05) is 38.2 Å². The lowest BCUT2D eigenvalue weighted by Crippen LogP contribution is -2.39. The van der Waals surface area contributed by atoms with Crippen LogP contribution in [-0.2, 0) is 20.7 Å². The van der Waals surface area contributed by atoms with Gasteiger partial charge in [-0.05, 0) is 55.0 Å². The smallest absolute Gasteiger partial charge is 0.307 e. The second-order valence-electron chi connectivity index (χ2n) is 8.24. The van der Waals surface area contributed by atoms with E-state index in [1.165, 1.54) is 12.7 Å². The number of methoxy groups -OCH3 is 1. The maximum atomic E-state index is 13.1. The Balaban J connectivity index is 1.52. The summed E-state index contributed by atoms with van der Waals surface area (Å²) in [5.74, 6) is 0.161. The molecule has 0 aromatic heterocycles. The molecule has 168 valence electrons. The molecule has 2 aromatic rings. The number of hydrogen-bond donors (Lipinski definition) is 0. The van der Waals surface area contributed by atoms with Crippen LogP contribution < -0.4 is 4.90 Å². The van der Waals surface area contributed by atoms with E-state index in [0.29, 0.717) is 31.0 Å². The molecule has 2 aromatic carbocycles. The fourth-order valence-electron chi connectivity index (χ4n) is 4.12. The van der Waals surface area contributed by atoms with E-state index in [4.69, 9.17) is 10.00 Å². The Bertz CT molecular complexity index is 914. The normalized spacial score (nSPS) is 13.9. The Morgan fingerprint density at radius 3 is 2.38 bits per heavy atom. The standard InChI is InChI=1S/C26H31N3O3/c1-32-26(31)14-18-29(17-11-21-5-3-2-4-6-21)25(30)19-22-12-15-28(16-13-22)24-9-7-23(20-27)8-10-24/h2-10,22H,11-19H2,1H3. The van der Waals surface area contributed by atoms with Crippen LogP contribution in [0.5, 0.6) is 0 Å². The van der Waals surface area contributed by atoms with Crippen molar-refractivity contribution in [3.8, 4) is 6.07 Å². The van der Waals surface area contributed by atoms with Crippen molar-refractivity contribution in [3.05, 3.63) is 65.7 Å². The molecule has 1 amide bonds. The molecular formula is C26H31N3O3. The molecule has 1 aliphatic heterocycles. The van der Waals surface area contributed by atoms with Crippen LogP contribution in [0.4, 0.5) is 5.69 Å². The average molecular weight is 434 g/mol. The summed E-state index contributed by atoms with van der Waals surface area (Å²) < 4.78 is 4.76. The van der Waals surface area contributed by atoms with Crippen LogP contribution in [0.15, 0.2) is 54.6 Å². The number of ether oxygens (including phenoxy) is 1. The fraction of sp³-hybridized carbons (Fsp3) is 0.423. The molecule has 0 spiro atoms. The highest BCUT2D eigenvalue weighted by Gasteiger charge is 2.24. The molecule has 6 nitrogen and oxygen atoms in total. The zero-order chi connectivity index (χ0) is 22.8. The lowest BCUT2D eigenvalue weighted by molar-refractivity contribution is -0.141. The van der Waals surface area contributed by atoms with E-state index in [0.717, 1.165) is 38.0 Å². The van der Waals surface area contributed by atoms with E-state index >= 15 is 0 Å². The number of nitriles is 1. The molecule has 0 saturated carbocycles. The first-order valence-electron chi connectivity index (χ1n) is 11.2. The summed E-state index contributed by atoms with van der Waals surface area (Å²) in [6.45, 7) is 2.79. The minimum Gasteiger partial charge on any atom is -0.469 e. The van der Waals surface area contributed by atoms with Gasteiger partial charge in [0, 0.05) is 38.3 Å². The second-order valence-corrected chi connectivity index (χ2v) is 8.24. The Labute approximate surface area is 190 Å². The van der Waals surface area contributed by atoms with E-state index in [-0.39, 0.29) is 18.3 Å². The first-order chi connectivity index (χ1) is 15.6. The van der Waals surface area contributed by atoms with E-state index in [2.05, 4.69) is 23.1 Å². The van der Waals surface area contributed by atoms with Crippen LogP contribution in [-0.4, -0.2) is 50.1 Å². The average Bonchev–Trinajstić information content (AvgIpc) is 2.85. The van der Waals surface area contributed by atoms with E-state index in [1.54, 1.807) is 0 Å². The van der Waals surface area contributed by atoms with Gasteiger partial charge in [-0.2, -0.15) is 5.26 Å². The topological polar surface area (TPSA) is 73.6 Å². The molecule has 0 atom stereocenters. The van der Waals surface area contributed by atoms with Gasteiger partial charge in [0.2, 0.25) is 5.91 Å². The van der Waals surface area contributed by atoms with E-state index in [9.17, 15) is 9.59 Å². The molecule has 6 heteroatoms. The van der Waals surface area contributed by atoms with Gasteiger partial charge in [0.25, 0.3) is 0 Å². The zero-order valence-corrected chi connectivity index (χ0v) is 18.7. The highest BCUT2D eigenvalue weighted by atomic mass is 16.5. The number of carbonyl (C=O) groups excluding carboxylic acids is 2. The van der Waals surface area contributed by atoms with Gasteiger partial charge in [0.1, 0.15) is 0 Å². The molecule has 0 unspecified atom stereocenters. The first-order valence-corrected chi connectivity index (χ1v) is 11.2. The van der Waals surface area contributed by atoms with Gasteiger partial charge in [-0.25, -0.2) is 0 Å². The minimum atomic E-state index is -0.293. The number of hydrogen-bond acceptors (Lipinski definition) is 5. The lowest BCUT2D eigenvalue weighted by atomic mass is 9.92. The number of piperidine rings is 1. The van der Waals surface area contributed by atoms with E-state index < -0.39 is 0 Å². The summed E-state index contributed by atoms with van der Waals surface area (Å²) in [4.78, 5) is 28.8. The van der Waals surface area contributed by atoms with Crippen molar-refractivity contribution in [3.63, 3.8) is 0 Å². The van der Waals surface area contributed by atoms with Crippen LogP contribution in [0.2, 0.25) is 0 Å². The molecule has 0 radical (unpaired) electrons. The molecule has 3 rings (SSSR count). The molecule has 1 fully saturated rings. The maximum Gasteiger partial charge on any atom is 0.307 e. The fourth-order valence-corrected chi connectivity index (χ4v) is 4.12. The largest absolute Gasteiger partial charge is 0.469 e. The molecule has 0 N–H and O–H groups in total. The Morgan fingerprint density at radius 2 is 1.75 bits per heavy atom. The highest BCUT2D eigenvalue weighted by Crippen LogP contribution is 2.26. The number of amides is 1. The van der Waals surface area contributed by atoms with Gasteiger partial charge in [-0.1, -0.05) is 30.3 Å². The van der Waals surface area contributed by atoms with Gasteiger partial charge in [-0.3, -0.25) is 9.59 Å². The van der Waals surface area contributed by atoms with Crippen molar-refractivity contribution in [2.45, 2.75) is 32.1 Å². The van der Waals surface area contributed by atoms with Crippen molar-refractivity contribution in [1.29, 1.82) is 5.26 Å². The third-order valence-electron chi connectivity index (χ3n) is 6.12. The predicted molar refractivity (Wildman–Crippen MR) is 124 cm³/mol. The van der Waals surface area contributed by atoms with Crippen molar-refractivity contribution in [1.82, 2.24) is 4.90 Å². The predicted octanol–water partition coefficient (Wildman–Crippen LogP) is 3.80. The minimum absolute atomic E-state index is 0.113. The molecule has 0 bridgehead atoms. The van der Waals surface area contributed by atoms with Crippen LogP contribution in [0.25, 0.3) is 0 Å². The van der Waals surface area contributed by atoms with Gasteiger partial charge < -0.3 is 14.5 Å². The Kier molecular flexibility index (Phi) is 8.68. The maximum absolute atomic E-state index is 13.1. The molecule has 1 saturated heterocycles. The number of nitrogens with zero attached hydrogens (tertiary/aromatic N) is 3. The first kappa shape index (κ1) is 23.3. The number of rotatable bonds is 9. The lowest BCUT2D eigenvalue weighted by Gasteiger charge is -2.34. The summed E-state index contributed by atoms with van der Waals surface area (Å²) in [7, 11) is 1.38. The number of anilines is 1. The second kappa shape index (κ2) is 11.9. The van der Waals surface area contributed by atoms with E-state index in [1.807, 2.05) is 47.4 Å². The molecular weight excluding hydrogens is 402 g/mol. The molecule has 1 heterocycles. The van der Waals surface area contributed by atoms with Crippen molar-refractivity contribution in [2.24, 2.45) is 5.92 Å². The third kappa shape index (κ3) is 6.84. The summed E-state index contributed by atoms with van der Waals surface area (Å²) in [6, 6.07) is 19.9. The summed E-state index contributed by atoms with van der Waals surface area (Å²) in [5.41, 5.74) is 2.97. The SMILES string of the molecule is COC(=O)CCN(CCc1ccccc1)C(=O)CC1CCN(c2ccc(C#N)cc2)CC1. The molecule has 32 heavy (non-hydrogen) atoms.